The lowest BCUT2D eigenvalue weighted by Crippen LogP contribution is -2.21. The van der Waals surface area contributed by atoms with E-state index in [1.54, 1.807) is 0 Å². The van der Waals surface area contributed by atoms with E-state index < -0.39 is 12.1 Å². The molecule has 10 heteroatoms. The summed E-state index contributed by atoms with van der Waals surface area (Å²) in [6.07, 6.45) is -5.08. The lowest BCUT2D eigenvalue weighted by molar-refractivity contribution is -0.192. The third kappa shape index (κ3) is 6.69. The van der Waals surface area contributed by atoms with Crippen molar-refractivity contribution in [3.05, 3.63) is 46.6 Å². The van der Waals surface area contributed by atoms with Gasteiger partial charge in [0.1, 0.15) is 5.82 Å². The molecule has 0 saturated carbocycles. The summed E-state index contributed by atoms with van der Waals surface area (Å²) in [5.74, 6) is -1.78. The number of nitrogen functional groups attached to an aromatic ring is 1. The van der Waals surface area contributed by atoms with Gasteiger partial charge < -0.3 is 16.2 Å². The Kier molecular flexibility index (Phi) is 6.78. The fourth-order valence-electron chi connectivity index (χ4n) is 1.51. The van der Waals surface area contributed by atoms with E-state index in [4.69, 9.17) is 27.2 Å². The van der Waals surface area contributed by atoms with E-state index in [-0.39, 0.29) is 5.95 Å². The summed E-state index contributed by atoms with van der Waals surface area (Å²) in [7, 11) is 0. The number of alkyl halides is 3. The Morgan fingerprint density at radius 1 is 1.33 bits per heavy atom. The van der Waals surface area contributed by atoms with E-state index in [1.807, 2.05) is 37.3 Å². The molecule has 1 aromatic heterocycles. The number of aromatic nitrogens is 2. The van der Waals surface area contributed by atoms with Gasteiger partial charge in [-0.3, -0.25) is 0 Å². The fraction of sp³-hybridized carbons (Fsp3) is 0.214. The number of hydrogen-bond donors (Lipinski definition) is 3. The van der Waals surface area contributed by atoms with Gasteiger partial charge in [0.05, 0.1) is 0 Å². The highest BCUT2D eigenvalue weighted by Gasteiger charge is 2.38. The molecule has 0 fully saturated rings. The summed E-state index contributed by atoms with van der Waals surface area (Å²) in [6.45, 7) is 2.48. The average Bonchev–Trinajstić information content (AvgIpc) is 2.45. The maximum absolute atomic E-state index is 10.6. The molecule has 0 saturated heterocycles. The second-order valence-corrected chi connectivity index (χ2v) is 4.91. The number of anilines is 2. The van der Waals surface area contributed by atoms with Crippen molar-refractivity contribution in [2.75, 3.05) is 11.1 Å². The van der Waals surface area contributed by atoms with Crippen molar-refractivity contribution in [2.45, 2.75) is 19.6 Å². The number of aliphatic carboxylic acids is 1. The Bertz CT molecular complexity index is 690. The average molecular weight is 363 g/mol. The number of halogens is 4. The minimum absolute atomic E-state index is 0.270. The molecule has 0 atom stereocenters. The van der Waals surface area contributed by atoms with E-state index in [9.17, 15) is 13.2 Å². The first-order chi connectivity index (χ1) is 11.1. The van der Waals surface area contributed by atoms with Crippen molar-refractivity contribution in [2.24, 2.45) is 0 Å². The van der Waals surface area contributed by atoms with Crippen LogP contribution in [-0.2, 0) is 11.3 Å². The molecule has 0 aliphatic carbocycles. The molecule has 2 rings (SSSR count). The zero-order valence-corrected chi connectivity index (χ0v) is 13.2. The molecule has 0 spiro atoms. The van der Waals surface area contributed by atoms with Gasteiger partial charge in [0.2, 0.25) is 5.95 Å². The molecular weight excluding hydrogens is 349 g/mol. The van der Waals surface area contributed by atoms with Crippen molar-refractivity contribution in [1.29, 1.82) is 0 Å². The topological polar surface area (TPSA) is 101 Å². The van der Waals surface area contributed by atoms with Gasteiger partial charge in [-0.05, 0) is 18.6 Å². The highest BCUT2D eigenvalue weighted by Crippen LogP contribution is 2.16. The molecule has 0 aliphatic heterocycles. The highest BCUT2D eigenvalue weighted by atomic mass is 35.5. The second kappa shape index (κ2) is 8.34. The summed E-state index contributed by atoms with van der Waals surface area (Å²) in [6, 6.07) is 9.51. The number of carboxylic acids is 1. The number of nitrogens with one attached hydrogen (secondary N) is 1. The number of aryl methyl sites for hydroxylation is 1. The summed E-state index contributed by atoms with van der Waals surface area (Å²) in [5.41, 5.74) is 7.42. The minimum atomic E-state index is -5.08. The predicted molar refractivity (Wildman–Crippen MR) is 83.7 cm³/mol. The van der Waals surface area contributed by atoms with Crippen LogP contribution in [0.5, 0.6) is 0 Å². The van der Waals surface area contributed by atoms with Crippen LogP contribution < -0.4 is 11.1 Å². The van der Waals surface area contributed by atoms with Crippen LogP contribution in [0.2, 0.25) is 5.02 Å². The Labute approximate surface area is 140 Å². The molecule has 0 bridgehead atoms. The first-order valence-corrected chi connectivity index (χ1v) is 6.86. The van der Waals surface area contributed by atoms with Crippen LogP contribution in [0, 0.1) is 6.92 Å². The van der Waals surface area contributed by atoms with E-state index in [2.05, 4.69) is 15.3 Å². The van der Waals surface area contributed by atoms with E-state index in [0.29, 0.717) is 12.4 Å². The number of benzene rings is 1. The standard InChI is InChI=1S/C12H13ClN4.C2HF3O2/c1-8-6-11(17-12(14)16-8)15-7-9-4-2-3-5-10(9)13;3-2(4,5)1(6)7/h2-6H,7H2,1H3,(H3,14,15,16,17);(H,6,7). The van der Waals surface area contributed by atoms with Crippen molar-refractivity contribution in [1.82, 2.24) is 9.97 Å². The first kappa shape index (κ1) is 19.5. The molecule has 0 aliphatic rings. The van der Waals surface area contributed by atoms with Gasteiger partial charge in [0.25, 0.3) is 0 Å². The predicted octanol–water partition coefficient (Wildman–Crippen LogP) is 3.27. The number of carboxylic acid groups (broad SMARTS) is 1. The van der Waals surface area contributed by atoms with Crippen molar-refractivity contribution in [3.8, 4) is 0 Å². The monoisotopic (exact) mass is 362 g/mol. The van der Waals surface area contributed by atoms with Gasteiger partial charge in [0.15, 0.2) is 0 Å². The van der Waals surface area contributed by atoms with Crippen LogP contribution >= 0.6 is 11.6 Å². The maximum Gasteiger partial charge on any atom is 0.490 e. The van der Waals surface area contributed by atoms with Crippen molar-refractivity contribution >= 4 is 29.3 Å². The number of carbonyl (C=O) groups is 1. The molecule has 1 heterocycles. The number of nitrogens with two attached hydrogens (primary N) is 1. The lowest BCUT2D eigenvalue weighted by atomic mass is 10.2. The zero-order chi connectivity index (χ0) is 18.3. The molecule has 4 N–H and O–H groups in total. The molecule has 24 heavy (non-hydrogen) atoms. The van der Waals surface area contributed by atoms with Crippen LogP contribution in [0.1, 0.15) is 11.3 Å². The largest absolute Gasteiger partial charge is 0.490 e. The molecule has 0 amide bonds. The van der Waals surface area contributed by atoms with Gasteiger partial charge in [-0.15, -0.1) is 0 Å². The molecule has 2 aromatic rings. The molecule has 130 valence electrons. The van der Waals surface area contributed by atoms with Crippen LogP contribution in [-0.4, -0.2) is 27.2 Å². The molecule has 1 aromatic carbocycles. The number of nitrogens with zero attached hydrogens (tertiary/aromatic N) is 2. The second-order valence-electron chi connectivity index (χ2n) is 4.50. The fourth-order valence-corrected chi connectivity index (χ4v) is 1.71. The Balaban J connectivity index is 0.000000351. The first-order valence-electron chi connectivity index (χ1n) is 6.48. The summed E-state index contributed by atoms with van der Waals surface area (Å²) < 4.78 is 31.7. The molecular formula is C14H14ClF3N4O2. The number of hydrogen-bond acceptors (Lipinski definition) is 5. The zero-order valence-electron chi connectivity index (χ0n) is 12.4. The summed E-state index contributed by atoms with van der Waals surface area (Å²) >= 11 is 6.06. The van der Waals surface area contributed by atoms with Crippen molar-refractivity contribution < 1.29 is 23.1 Å². The number of rotatable bonds is 3. The summed E-state index contributed by atoms with van der Waals surface area (Å²) in [4.78, 5) is 17.0. The van der Waals surface area contributed by atoms with E-state index in [0.717, 1.165) is 16.3 Å². The quantitative estimate of drug-likeness (QED) is 0.774. The SMILES string of the molecule is Cc1cc(NCc2ccccc2Cl)nc(N)n1.O=C(O)C(F)(F)F. The van der Waals surface area contributed by atoms with E-state index in [1.165, 1.54) is 0 Å². The maximum atomic E-state index is 10.6. The van der Waals surface area contributed by atoms with Gasteiger partial charge in [0, 0.05) is 23.3 Å². The molecule has 6 nitrogen and oxygen atoms in total. The van der Waals surface area contributed by atoms with Crippen molar-refractivity contribution in [3.63, 3.8) is 0 Å². The van der Waals surface area contributed by atoms with Gasteiger partial charge >= 0.3 is 12.1 Å². The van der Waals surface area contributed by atoms with Crippen LogP contribution in [0.4, 0.5) is 24.9 Å². The normalized spacial score (nSPS) is 10.5. The molecule has 0 unspecified atom stereocenters. The Morgan fingerprint density at radius 2 is 1.92 bits per heavy atom. The van der Waals surface area contributed by atoms with Crippen LogP contribution in [0.3, 0.4) is 0 Å². The minimum Gasteiger partial charge on any atom is -0.475 e. The Morgan fingerprint density at radius 3 is 2.42 bits per heavy atom. The van der Waals surface area contributed by atoms with Gasteiger partial charge in [-0.25, -0.2) is 9.78 Å². The molecule has 0 radical (unpaired) electrons. The van der Waals surface area contributed by atoms with Crippen LogP contribution in [0.25, 0.3) is 0 Å². The Hall–Kier alpha value is -2.55. The third-order valence-corrected chi connectivity index (χ3v) is 2.90. The smallest absolute Gasteiger partial charge is 0.475 e. The third-order valence-electron chi connectivity index (χ3n) is 2.53. The van der Waals surface area contributed by atoms with E-state index >= 15 is 0 Å². The summed E-state index contributed by atoms with van der Waals surface area (Å²) in [5, 5.41) is 11.0. The highest BCUT2D eigenvalue weighted by molar-refractivity contribution is 6.31. The lowest BCUT2D eigenvalue weighted by Gasteiger charge is -2.08. The van der Waals surface area contributed by atoms with Gasteiger partial charge in [-0.2, -0.15) is 18.2 Å². The van der Waals surface area contributed by atoms with Crippen LogP contribution in [0.15, 0.2) is 30.3 Å². The van der Waals surface area contributed by atoms with Gasteiger partial charge in [-0.1, -0.05) is 29.8 Å².